The summed E-state index contributed by atoms with van der Waals surface area (Å²) >= 11 is 25.4. The molecule has 6 aromatic rings. The van der Waals surface area contributed by atoms with E-state index < -0.39 is 27.5 Å². The number of halogens is 7. The zero-order chi connectivity index (χ0) is 48.5. The molecular weight excluding hydrogens is 1340 g/mol. The van der Waals surface area contributed by atoms with Gasteiger partial charge in [-0.25, -0.2) is 8.42 Å². The molecule has 11 nitrogen and oxygen atoms in total. The standard InChI is InChI=1S/C13H9BrO3S.C12H6Br2OS.C6H3Br2NO2.C6H5BrOS.C4H9O.CH3F.2CH4.K.H2O2/c1-8-2-4-12-10(6-8)17-11-7-9(14)3-5-13(11)18(12,15)16;13-7-1-3-11-9(5-7)15-10-6-8(14)2-4-12(10)16-11;7-4-1-2-5(8)6(3-4)9(10)11;7-4-1-2-5(8)6(9)3-4;1-4(2,3)5;1-2;;;;1-2/h2-7H,1H3;1-6H;1-3H;1-3,8-9H;1-3H3;1H3;2*1H4;;1-2H/q;;;;-1;;;;+1;/i;;;;;1D;;;;. The molecule has 0 aromatic heterocycles. The number of thiol groups is 1. The first-order valence-electron chi connectivity index (χ1n) is 17.9. The fourth-order valence-electron chi connectivity index (χ4n) is 4.59. The number of fused-ring (bicyclic) bond motifs is 4. The van der Waals surface area contributed by atoms with E-state index in [1.54, 1.807) is 99.3 Å². The largest absolute Gasteiger partial charge is 1.00 e. The molecule has 2 aliphatic rings. The van der Waals surface area contributed by atoms with Crippen molar-refractivity contribution >= 4 is 135 Å². The summed E-state index contributed by atoms with van der Waals surface area (Å²) in [6.07, 6.45) is 0. The molecular formula is C44H45Br6FKNO10S3. The Balaban J connectivity index is 0. The van der Waals surface area contributed by atoms with Gasteiger partial charge in [0.25, 0.3) is 5.69 Å². The Kier molecular flexibility index (Phi) is 31.7. The smallest absolute Gasteiger partial charge is 0.850 e. The molecule has 6 aromatic carbocycles. The van der Waals surface area contributed by atoms with E-state index in [9.17, 15) is 28.0 Å². The molecule has 8 rings (SSSR count). The van der Waals surface area contributed by atoms with Crippen molar-refractivity contribution in [2.75, 3.05) is 7.15 Å². The van der Waals surface area contributed by atoms with E-state index in [0.717, 1.165) is 44.7 Å². The van der Waals surface area contributed by atoms with E-state index in [0.29, 0.717) is 25.3 Å². The van der Waals surface area contributed by atoms with Crippen molar-refractivity contribution in [1.29, 1.82) is 0 Å². The van der Waals surface area contributed by atoms with Gasteiger partial charge in [0.15, 0.2) is 0 Å². The van der Waals surface area contributed by atoms with Crippen molar-refractivity contribution in [2.45, 2.75) is 72.6 Å². The second-order valence-electron chi connectivity index (χ2n) is 13.1. The Bertz CT molecular complexity index is 2540. The summed E-state index contributed by atoms with van der Waals surface area (Å²) in [5, 5.41) is 41.4. The van der Waals surface area contributed by atoms with E-state index in [-0.39, 0.29) is 87.5 Å². The molecule has 2 heterocycles. The van der Waals surface area contributed by atoms with Gasteiger partial charge in [0, 0.05) is 33.3 Å². The predicted molar refractivity (Wildman–Crippen MR) is 280 cm³/mol. The second-order valence-corrected chi connectivity index (χ2v) is 22.0. The Morgan fingerprint density at radius 3 is 1.50 bits per heavy atom. The van der Waals surface area contributed by atoms with Gasteiger partial charge in [-0.1, -0.05) is 133 Å². The van der Waals surface area contributed by atoms with Gasteiger partial charge in [-0.15, -0.1) is 18.2 Å². The molecule has 0 saturated carbocycles. The van der Waals surface area contributed by atoms with Crippen molar-refractivity contribution < 1.29 is 101 Å². The summed E-state index contributed by atoms with van der Waals surface area (Å²) in [4.78, 5) is 13.2. The van der Waals surface area contributed by atoms with Crippen molar-refractivity contribution in [2.24, 2.45) is 0 Å². The molecule has 0 radical (unpaired) electrons. The van der Waals surface area contributed by atoms with Gasteiger partial charge < -0.3 is 19.7 Å². The number of nitro benzene ring substituents is 1. The van der Waals surface area contributed by atoms with Crippen molar-refractivity contribution in [3.05, 3.63) is 152 Å². The monoisotopic (exact) mass is 1380 g/mol. The molecule has 0 fully saturated rings. The van der Waals surface area contributed by atoms with E-state index in [1.807, 2.05) is 31.2 Å². The van der Waals surface area contributed by atoms with E-state index in [1.165, 1.54) is 6.07 Å². The van der Waals surface area contributed by atoms with E-state index in [2.05, 4.69) is 120 Å². The number of rotatable bonds is 1. The van der Waals surface area contributed by atoms with Crippen LogP contribution in [0.25, 0.3) is 0 Å². The minimum atomic E-state index is -3.48. The minimum Gasteiger partial charge on any atom is -0.850 e. The summed E-state index contributed by atoms with van der Waals surface area (Å²) in [7, 11) is -4.48. The number of phenolic OH excluding ortho intramolecular Hbond substituents is 1. The summed E-state index contributed by atoms with van der Waals surface area (Å²) in [6, 6.07) is 32.1. The predicted octanol–water partition coefficient (Wildman–Crippen LogP) is 13.8. The molecule has 66 heavy (non-hydrogen) atoms. The van der Waals surface area contributed by atoms with Gasteiger partial charge in [-0.2, -0.15) is 0 Å². The average Bonchev–Trinajstić information content (AvgIpc) is 3.20. The van der Waals surface area contributed by atoms with E-state index >= 15 is 0 Å². The average molecular weight is 1380 g/mol. The normalized spacial score (nSPS) is 11.5. The number of aryl methyl sites for hydroxylation is 1. The topological polar surface area (TPSA) is 179 Å². The number of nitro groups is 1. The van der Waals surface area contributed by atoms with Crippen LogP contribution in [0.1, 0.15) is 42.6 Å². The van der Waals surface area contributed by atoms with Gasteiger partial charge in [-0.3, -0.25) is 25.0 Å². The zero-order valence-electron chi connectivity index (χ0n) is 35.2. The molecule has 0 amide bonds. The molecule has 0 unspecified atom stereocenters. The number of benzene rings is 6. The number of phenols is 1. The van der Waals surface area contributed by atoms with Crippen LogP contribution in [-0.4, -0.2) is 41.7 Å². The first-order chi connectivity index (χ1) is 29.9. The molecule has 0 saturated heterocycles. The number of hydrogen-bond acceptors (Lipinski definition) is 12. The number of nitrogens with zero attached hydrogens (tertiary/aromatic N) is 1. The fraction of sp³-hybridized carbons (Fsp3) is 0.182. The van der Waals surface area contributed by atoms with Crippen LogP contribution in [0.4, 0.5) is 10.1 Å². The number of ether oxygens (including phenoxy) is 2. The third-order valence-electron chi connectivity index (χ3n) is 7.10. The minimum absolute atomic E-state index is 0. The maximum Gasteiger partial charge on any atom is 1.00 e. The van der Waals surface area contributed by atoms with Crippen molar-refractivity contribution in [3.63, 3.8) is 0 Å². The summed E-state index contributed by atoms with van der Waals surface area (Å²) < 4.78 is 56.8. The fourth-order valence-corrected chi connectivity index (χ4v) is 9.47. The zero-order valence-corrected chi connectivity index (χ0v) is 49.3. The second kappa shape index (κ2) is 32.1. The van der Waals surface area contributed by atoms with Gasteiger partial charge >= 0.3 is 51.4 Å². The van der Waals surface area contributed by atoms with Crippen molar-refractivity contribution in [3.8, 4) is 28.7 Å². The summed E-state index contributed by atoms with van der Waals surface area (Å²) in [6.45, 7) is 6.79. The molecule has 3 N–H and O–H groups in total. The Labute approximate surface area is 489 Å². The first kappa shape index (κ1) is 65.1. The Hall–Kier alpha value is -0.904. The van der Waals surface area contributed by atoms with Gasteiger partial charge in [0.2, 0.25) is 9.84 Å². The van der Waals surface area contributed by atoms with Crippen LogP contribution in [-0.2, 0) is 9.84 Å². The number of aromatic hydroxyl groups is 1. The van der Waals surface area contributed by atoms with Crippen LogP contribution in [0.5, 0.6) is 28.7 Å². The van der Waals surface area contributed by atoms with Gasteiger partial charge in [0.1, 0.15) is 38.5 Å². The van der Waals surface area contributed by atoms with Crippen LogP contribution < -0.4 is 66.0 Å². The molecule has 22 heteroatoms. The van der Waals surface area contributed by atoms with Crippen molar-refractivity contribution in [1.82, 2.24) is 0 Å². The maximum atomic E-state index is 12.4. The number of hydrogen-bond donors (Lipinski definition) is 4. The molecule has 2 aliphatic heterocycles. The SMILES string of the molecule is Brc1ccc2c(c1)Oc1cc(Br)ccc1S2.C.C.CC(C)(C)[O-].Cc1ccc2c(c1)Oc1cc(Br)ccc1S2(=O)=O.O=[N+]([O-])c1cc(Br)ccc1Br.OO.Oc1ccc(Br)cc1S.[2H]CF.[K+]. The van der Waals surface area contributed by atoms with E-state index in [4.69, 9.17) is 26.5 Å². The van der Waals surface area contributed by atoms with Crippen LogP contribution in [0.2, 0.25) is 0 Å². The summed E-state index contributed by atoms with van der Waals surface area (Å²) in [5.74, 6) is 2.78. The maximum absolute atomic E-state index is 12.4. The molecule has 0 bridgehead atoms. The van der Waals surface area contributed by atoms with Crippen LogP contribution >= 0.6 is 120 Å². The van der Waals surface area contributed by atoms with Gasteiger partial charge in [-0.05, 0) is 125 Å². The van der Waals surface area contributed by atoms with Crippen LogP contribution in [0.3, 0.4) is 0 Å². The first-order valence-corrected chi connectivity index (χ1v) is 24.7. The van der Waals surface area contributed by atoms with Gasteiger partial charge in [0.05, 0.1) is 27.7 Å². The molecule has 354 valence electrons. The summed E-state index contributed by atoms with van der Waals surface area (Å²) in [5.41, 5.74) is 0.279. The molecule has 0 aliphatic carbocycles. The Morgan fingerprint density at radius 2 is 1.06 bits per heavy atom. The Morgan fingerprint density at radius 1 is 0.697 bits per heavy atom. The van der Waals surface area contributed by atoms with Crippen LogP contribution in [0, 0.1) is 17.0 Å². The number of alkyl halides is 1. The quantitative estimate of drug-likeness (QED) is 0.0404. The number of sulfone groups is 1. The third-order valence-corrected chi connectivity index (χ3v) is 13.5. The molecule has 0 spiro atoms. The third kappa shape index (κ3) is 22.0. The molecule has 0 atom stereocenters. The van der Waals surface area contributed by atoms with Crippen LogP contribution in [0.15, 0.2) is 161 Å².